The van der Waals surface area contributed by atoms with Gasteiger partial charge in [0, 0.05) is 25.1 Å². The van der Waals surface area contributed by atoms with Crippen LogP contribution in [0.15, 0.2) is 24.3 Å². The molecule has 1 fully saturated rings. The third-order valence-electron chi connectivity index (χ3n) is 3.30. The van der Waals surface area contributed by atoms with E-state index in [1.807, 2.05) is 0 Å². The van der Waals surface area contributed by atoms with Crippen LogP contribution in [0.1, 0.15) is 37.6 Å². The highest BCUT2D eigenvalue weighted by Crippen LogP contribution is 2.20. The maximum Gasteiger partial charge on any atom is 0.251 e. The number of hydrogen-bond acceptors (Lipinski definition) is 2. The van der Waals surface area contributed by atoms with Gasteiger partial charge in [0.15, 0.2) is 0 Å². The summed E-state index contributed by atoms with van der Waals surface area (Å²) in [4.78, 5) is 25.8. The van der Waals surface area contributed by atoms with Gasteiger partial charge < -0.3 is 10.2 Å². The van der Waals surface area contributed by atoms with E-state index in [2.05, 4.69) is 26.1 Å². The first-order valence-electron chi connectivity index (χ1n) is 7.09. The molecular formula is C16H21FN2O2. The Labute approximate surface area is 124 Å². The second-order valence-corrected chi connectivity index (χ2v) is 6.72. The van der Waals surface area contributed by atoms with Crippen LogP contribution in [0.2, 0.25) is 0 Å². The van der Waals surface area contributed by atoms with Crippen molar-refractivity contribution in [2.24, 2.45) is 5.41 Å². The number of benzene rings is 1. The Morgan fingerprint density at radius 1 is 1.43 bits per heavy atom. The van der Waals surface area contributed by atoms with Crippen LogP contribution in [0, 0.1) is 11.2 Å². The molecular weight excluding hydrogens is 271 g/mol. The van der Waals surface area contributed by atoms with Crippen LogP contribution in [0.5, 0.6) is 0 Å². The molecule has 0 spiro atoms. The second-order valence-electron chi connectivity index (χ2n) is 6.72. The summed E-state index contributed by atoms with van der Waals surface area (Å²) < 4.78 is 13.1. The van der Waals surface area contributed by atoms with Gasteiger partial charge in [0.1, 0.15) is 5.82 Å². The highest BCUT2D eigenvalue weighted by Gasteiger charge is 2.32. The van der Waals surface area contributed by atoms with Crippen LogP contribution >= 0.6 is 0 Å². The first-order chi connectivity index (χ1) is 9.74. The number of nitrogens with one attached hydrogen (secondary N) is 1. The van der Waals surface area contributed by atoms with E-state index in [0.717, 1.165) is 0 Å². The second kappa shape index (κ2) is 5.84. The molecule has 0 saturated carbocycles. The van der Waals surface area contributed by atoms with E-state index < -0.39 is 5.82 Å². The van der Waals surface area contributed by atoms with Gasteiger partial charge in [-0.05, 0) is 23.6 Å². The molecule has 0 radical (unpaired) electrons. The minimum absolute atomic E-state index is 0.0249. The quantitative estimate of drug-likeness (QED) is 0.928. The summed E-state index contributed by atoms with van der Waals surface area (Å²) in [6, 6.07) is 5.33. The summed E-state index contributed by atoms with van der Waals surface area (Å²) >= 11 is 0. The molecule has 2 rings (SSSR count). The largest absolute Gasteiger partial charge is 0.347 e. The third-order valence-corrected chi connectivity index (χ3v) is 3.30. The molecule has 0 aromatic heterocycles. The number of nitrogens with zero attached hydrogens (tertiary/aromatic N) is 1. The summed E-state index contributed by atoms with van der Waals surface area (Å²) in [5.74, 6) is -0.737. The molecule has 1 atom stereocenters. The van der Waals surface area contributed by atoms with Crippen LogP contribution in [0.3, 0.4) is 0 Å². The van der Waals surface area contributed by atoms with E-state index in [-0.39, 0.29) is 28.8 Å². The summed E-state index contributed by atoms with van der Waals surface area (Å²) in [5.41, 5.74) is 0.300. The molecule has 1 unspecified atom stereocenters. The van der Waals surface area contributed by atoms with Crippen molar-refractivity contribution in [1.82, 2.24) is 10.2 Å². The average molecular weight is 292 g/mol. The number of carbonyl (C=O) groups excluding carboxylic acids is 2. The summed E-state index contributed by atoms with van der Waals surface area (Å²) in [7, 11) is 0. The van der Waals surface area contributed by atoms with Gasteiger partial charge in [-0.2, -0.15) is 0 Å². The van der Waals surface area contributed by atoms with Crippen LogP contribution < -0.4 is 5.32 Å². The van der Waals surface area contributed by atoms with Crippen molar-refractivity contribution in [2.75, 3.05) is 13.1 Å². The molecule has 1 aromatic rings. The van der Waals surface area contributed by atoms with Crippen molar-refractivity contribution in [2.45, 2.75) is 33.2 Å². The zero-order valence-electron chi connectivity index (χ0n) is 12.6. The maximum atomic E-state index is 13.1. The Hall–Kier alpha value is -1.91. The first kappa shape index (κ1) is 15.5. The van der Waals surface area contributed by atoms with Gasteiger partial charge in [0.2, 0.25) is 5.91 Å². The molecule has 114 valence electrons. The van der Waals surface area contributed by atoms with Gasteiger partial charge in [-0.15, -0.1) is 0 Å². The minimum Gasteiger partial charge on any atom is -0.347 e. The molecule has 1 saturated heterocycles. The number of hydrogen-bond donors (Lipinski definition) is 1. The van der Waals surface area contributed by atoms with Crippen molar-refractivity contribution in [3.05, 3.63) is 35.6 Å². The maximum absolute atomic E-state index is 13.1. The van der Waals surface area contributed by atoms with Crippen molar-refractivity contribution in [3.8, 4) is 0 Å². The van der Waals surface area contributed by atoms with Crippen LogP contribution in [0.4, 0.5) is 4.39 Å². The minimum atomic E-state index is -0.445. The zero-order chi connectivity index (χ0) is 15.6. The molecule has 1 aliphatic rings. The number of halogens is 1. The number of carbonyl (C=O) groups is 2. The van der Waals surface area contributed by atoms with E-state index in [4.69, 9.17) is 0 Å². The lowest BCUT2D eigenvalue weighted by Crippen LogP contribution is -2.39. The Balaban J connectivity index is 1.96. The lowest BCUT2D eigenvalue weighted by molar-refractivity contribution is -0.128. The Morgan fingerprint density at radius 2 is 2.14 bits per heavy atom. The van der Waals surface area contributed by atoms with Crippen LogP contribution in [0.25, 0.3) is 0 Å². The van der Waals surface area contributed by atoms with Gasteiger partial charge in [0.25, 0.3) is 5.91 Å². The predicted octanol–water partition coefficient (Wildman–Crippen LogP) is 2.20. The number of amides is 2. The summed E-state index contributed by atoms with van der Waals surface area (Å²) in [5, 5.41) is 2.80. The molecule has 1 N–H and O–H groups in total. The number of likely N-dealkylation sites (tertiary alicyclic amines) is 1. The normalized spacial score (nSPS) is 19.0. The fourth-order valence-corrected chi connectivity index (χ4v) is 2.49. The smallest absolute Gasteiger partial charge is 0.251 e. The lowest BCUT2D eigenvalue weighted by atomic mass is 9.96. The van der Waals surface area contributed by atoms with E-state index in [1.54, 1.807) is 11.0 Å². The molecule has 0 aliphatic carbocycles. The van der Waals surface area contributed by atoms with Gasteiger partial charge in [-0.25, -0.2) is 4.39 Å². The third kappa shape index (κ3) is 4.28. The standard InChI is InChI=1S/C16H21FN2O2/c1-16(2,3)10-19-9-13(8-14(19)20)18-15(21)11-5-4-6-12(17)7-11/h4-7,13H,8-10H2,1-3H3,(H,18,21). The van der Waals surface area contributed by atoms with Crippen molar-refractivity contribution in [1.29, 1.82) is 0 Å². The molecule has 5 heteroatoms. The zero-order valence-corrected chi connectivity index (χ0v) is 12.6. The molecule has 4 nitrogen and oxygen atoms in total. The van der Waals surface area contributed by atoms with Crippen LogP contribution in [-0.2, 0) is 4.79 Å². The highest BCUT2D eigenvalue weighted by atomic mass is 19.1. The first-order valence-corrected chi connectivity index (χ1v) is 7.09. The highest BCUT2D eigenvalue weighted by molar-refractivity contribution is 5.95. The lowest BCUT2D eigenvalue weighted by Gasteiger charge is -2.26. The predicted molar refractivity (Wildman–Crippen MR) is 78.3 cm³/mol. The average Bonchev–Trinajstić information content (AvgIpc) is 2.67. The monoisotopic (exact) mass is 292 g/mol. The Morgan fingerprint density at radius 3 is 2.76 bits per heavy atom. The van der Waals surface area contributed by atoms with E-state index in [9.17, 15) is 14.0 Å². The molecule has 0 bridgehead atoms. The molecule has 21 heavy (non-hydrogen) atoms. The Bertz CT molecular complexity index is 551. The van der Waals surface area contributed by atoms with Gasteiger partial charge in [-0.3, -0.25) is 9.59 Å². The van der Waals surface area contributed by atoms with E-state index in [1.165, 1.54) is 18.2 Å². The fraction of sp³-hybridized carbons (Fsp3) is 0.500. The van der Waals surface area contributed by atoms with E-state index in [0.29, 0.717) is 19.5 Å². The van der Waals surface area contributed by atoms with Crippen molar-refractivity contribution >= 4 is 11.8 Å². The molecule has 2 amide bonds. The van der Waals surface area contributed by atoms with Crippen molar-refractivity contribution < 1.29 is 14.0 Å². The number of rotatable bonds is 3. The molecule has 1 heterocycles. The summed E-state index contributed by atoms with van der Waals surface area (Å²) in [6.07, 6.45) is 0.303. The van der Waals surface area contributed by atoms with Gasteiger partial charge in [0.05, 0.1) is 6.04 Å². The SMILES string of the molecule is CC(C)(C)CN1CC(NC(=O)c2cccc(F)c2)CC1=O. The van der Waals surface area contributed by atoms with Gasteiger partial charge >= 0.3 is 0 Å². The van der Waals surface area contributed by atoms with Gasteiger partial charge in [-0.1, -0.05) is 26.8 Å². The van der Waals surface area contributed by atoms with Crippen molar-refractivity contribution in [3.63, 3.8) is 0 Å². The molecule has 1 aliphatic heterocycles. The Kier molecular flexibility index (Phi) is 4.30. The van der Waals surface area contributed by atoms with Crippen LogP contribution in [-0.4, -0.2) is 35.8 Å². The fourth-order valence-electron chi connectivity index (χ4n) is 2.49. The van der Waals surface area contributed by atoms with E-state index >= 15 is 0 Å². The molecule has 1 aromatic carbocycles. The topological polar surface area (TPSA) is 49.4 Å². The summed E-state index contributed by atoms with van der Waals surface area (Å²) in [6.45, 7) is 7.38.